The first kappa shape index (κ1) is 13.0. The summed E-state index contributed by atoms with van der Waals surface area (Å²) in [5.41, 5.74) is 7.58. The number of rotatable bonds is 5. The minimum Gasteiger partial charge on any atom is -0.325 e. The van der Waals surface area contributed by atoms with Crippen LogP contribution >= 0.6 is 0 Å². The van der Waals surface area contributed by atoms with Crippen molar-refractivity contribution in [1.82, 2.24) is 0 Å². The molecule has 1 aromatic rings. The summed E-state index contributed by atoms with van der Waals surface area (Å²) < 4.78 is 14.1. The molecule has 0 unspecified atom stereocenters. The van der Waals surface area contributed by atoms with E-state index in [4.69, 9.17) is 5.53 Å². The summed E-state index contributed by atoms with van der Waals surface area (Å²) >= 11 is 0. The third kappa shape index (κ3) is 1.94. The van der Waals surface area contributed by atoms with E-state index >= 15 is 0 Å². The molecular formula is C12H11FN4O2. The van der Waals surface area contributed by atoms with Crippen molar-refractivity contribution >= 4 is 17.9 Å². The van der Waals surface area contributed by atoms with Crippen LogP contribution in [0, 0.1) is 0 Å². The third-order valence-electron chi connectivity index (χ3n) is 3.32. The number of fused-ring (bicyclic) bond motifs is 1. The average Bonchev–Trinajstić information content (AvgIpc) is 2.72. The number of hydrogen-bond donors (Lipinski definition) is 1. The topological polar surface area (TPSA) is 94.9 Å². The standard InChI is InChI=1S/C12H11FN4O2/c13-10(7-18)12(5-6-15-17-14)8-3-1-2-4-9(8)16-11(12)19/h1-4,7,10H,5-6H2,(H,16,19)/t10-,12-/m0/s1. The minimum atomic E-state index is -1.98. The Bertz CT molecular complexity index is 571. The monoisotopic (exact) mass is 262 g/mol. The van der Waals surface area contributed by atoms with E-state index in [9.17, 15) is 14.0 Å². The van der Waals surface area contributed by atoms with Crippen LogP contribution in [0.5, 0.6) is 0 Å². The number of hydrogen-bond acceptors (Lipinski definition) is 3. The minimum absolute atomic E-state index is 0.0557. The first-order valence-corrected chi connectivity index (χ1v) is 5.68. The van der Waals surface area contributed by atoms with Gasteiger partial charge in [0, 0.05) is 17.1 Å². The molecule has 0 fully saturated rings. The Morgan fingerprint density at radius 3 is 2.95 bits per heavy atom. The molecule has 0 saturated carbocycles. The van der Waals surface area contributed by atoms with Crippen LogP contribution in [0.15, 0.2) is 29.4 Å². The fourth-order valence-electron chi connectivity index (χ4n) is 2.38. The fraction of sp³-hybridized carbons (Fsp3) is 0.333. The van der Waals surface area contributed by atoms with Crippen molar-refractivity contribution in [2.45, 2.75) is 18.0 Å². The van der Waals surface area contributed by atoms with Crippen LogP contribution in [0.3, 0.4) is 0 Å². The normalized spacial score (nSPS) is 22.1. The third-order valence-corrected chi connectivity index (χ3v) is 3.32. The molecule has 1 N–H and O–H groups in total. The maximum absolute atomic E-state index is 14.1. The number of nitrogens with one attached hydrogen (secondary N) is 1. The number of halogens is 1. The van der Waals surface area contributed by atoms with Gasteiger partial charge in [-0.25, -0.2) is 4.39 Å². The van der Waals surface area contributed by atoms with Gasteiger partial charge in [0.2, 0.25) is 5.91 Å². The number of carbonyl (C=O) groups is 2. The summed E-state index contributed by atoms with van der Waals surface area (Å²) in [6.07, 6.45) is -1.93. The molecule has 1 amide bonds. The number of alkyl halides is 1. The molecule has 0 aromatic heterocycles. The number of carbonyl (C=O) groups excluding carboxylic acids is 2. The SMILES string of the molecule is [N-]=[N+]=NCC[C@]1([C@@H](F)C=O)C(=O)Nc2ccccc21. The molecule has 1 aromatic carbocycles. The van der Waals surface area contributed by atoms with Crippen LogP contribution in [0.4, 0.5) is 10.1 Å². The molecule has 0 bridgehead atoms. The highest BCUT2D eigenvalue weighted by atomic mass is 19.1. The molecule has 6 nitrogen and oxygen atoms in total. The fourth-order valence-corrected chi connectivity index (χ4v) is 2.38. The molecule has 1 heterocycles. The van der Waals surface area contributed by atoms with E-state index in [-0.39, 0.29) is 19.3 Å². The van der Waals surface area contributed by atoms with Crippen molar-refractivity contribution in [2.75, 3.05) is 11.9 Å². The zero-order valence-electron chi connectivity index (χ0n) is 9.91. The van der Waals surface area contributed by atoms with E-state index in [1.165, 1.54) is 0 Å². The van der Waals surface area contributed by atoms with Gasteiger partial charge in [-0.05, 0) is 23.6 Å². The van der Waals surface area contributed by atoms with Gasteiger partial charge in [0.1, 0.15) is 5.41 Å². The highest BCUT2D eigenvalue weighted by Crippen LogP contribution is 2.43. The van der Waals surface area contributed by atoms with Crippen molar-refractivity contribution in [1.29, 1.82) is 0 Å². The van der Waals surface area contributed by atoms with Crippen LogP contribution in [0.25, 0.3) is 10.4 Å². The van der Waals surface area contributed by atoms with E-state index < -0.39 is 17.5 Å². The molecular weight excluding hydrogens is 251 g/mol. The zero-order chi connectivity index (χ0) is 13.9. The van der Waals surface area contributed by atoms with Crippen LogP contribution in [-0.4, -0.2) is 24.9 Å². The molecule has 2 atom stereocenters. The van der Waals surface area contributed by atoms with Gasteiger partial charge in [-0.3, -0.25) is 4.79 Å². The Kier molecular flexibility index (Phi) is 3.48. The molecule has 1 aliphatic rings. The van der Waals surface area contributed by atoms with Gasteiger partial charge in [-0.2, -0.15) is 0 Å². The predicted octanol–water partition coefficient (Wildman–Crippen LogP) is 2.11. The summed E-state index contributed by atoms with van der Waals surface area (Å²) in [4.78, 5) is 25.5. The maximum Gasteiger partial charge on any atom is 0.238 e. The quantitative estimate of drug-likeness (QED) is 0.380. The molecule has 98 valence electrons. The van der Waals surface area contributed by atoms with Crippen molar-refractivity contribution in [2.24, 2.45) is 5.11 Å². The first-order valence-electron chi connectivity index (χ1n) is 5.68. The van der Waals surface area contributed by atoms with E-state index in [2.05, 4.69) is 15.3 Å². The van der Waals surface area contributed by atoms with E-state index in [0.717, 1.165) is 0 Å². The van der Waals surface area contributed by atoms with Crippen LogP contribution in [0.1, 0.15) is 12.0 Å². The summed E-state index contributed by atoms with van der Waals surface area (Å²) in [6, 6.07) is 6.61. The van der Waals surface area contributed by atoms with Gasteiger partial charge in [-0.1, -0.05) is 23.3 Å². The summed E-state index contributed by atoms with van der Waals surface area (Å²) in [7, 11) is 0. The molecule has 0 saturated heterocycles. The van der Waals surface area contributed by atoms with Crippen LogP contribution in [-0.2, 0) is 15.0 Å². The van der Waals surface area contributed by atoms with Gasteiger partial charge in [-0.15, -0.1) is 0 Å². The smallest absolute Gasteiger partial charge is 0.238 e. The van der Waals surface area contributed by atoms with Gasteiger partial charge in [0.05, 0.1) is 0 Å². The summed E-state index contributed by atoms with van der Waals surface area (Å²) in [5, 5.41) is 5.88. The second kappa shape index (κ2) is 5.07. The van der Waals surface area contributed by atoms with Gasteiger partial charge in [0.15, 0.2) is 12.5 Å². The van der Waals surface area contributed by atoms with E-state index in [1.54, 1.807) is 24.3 Å². The maximum atomic E-state index is 14.1. The first-order chi connectivity index (χ1) is 9.16. The van der Waals surface area contributed by atoms with E-state index in [0.29, 0.717) is 11.3 Å². The number of aldehydes is 1. The molecule has 7 heteroatoms. The lowest BCUT2D eigenvalue weighted by atomic mass is 9.75. The van der Waals surface area contributed by atoms with Crippen molar-refractivity contribution in [3.05, 3.63) is 40.3 Å². The Balaban J connectivity index is 2.50. The lowest BCUT2D eigenvalue weighted by molar-refractivity contribution is -0.128. The molecule has 19 heavy (non-hydrogen) atoms. The number of benzene rings is 1. The Morgan fingerprint density at radius 2 is 2.26 bits per heavy atom. The predicted molar refractivity (Wildman–Crippen MR) is 66.3 cm³/mol. The van der Waals surface area contributed by atoms with Crippen molar-refractivity contribution in [3.63, 3.8) is 0 Å². The van der Waals surface area contributed by atoms with Gasteiger partial charge >= 0.3 is 0 Å². The average molecular weight is 262 g/mol. The van der Waals surface area contributed by atoms with Crippen LogP contribution < -0.4 is 5.32 Å². The highest BCUT2D eigenvalue weighted by molar-refractivity contribution is 6.08. The second-order valence-electron chi connectivity index (χ2n) is 4.21. The Morgan fingerprint density at radius 1 is 1.53 bits per heavy atom. The summed E-state index contributed by atoms with van der Waals surface area (Å²) in [6.45, 7) is -0.0630. The second-order valence-corrected chi connectivity index (χ2v) is 4.21. The van der Waals surface area contributed by atoms with E-state index in [1.807, 2.05) is 0 Å². The summed E-state index contributed by atoms with van der Waals surface area (Å²) in [5.74, 6) is -0.582. The number of azide groups is 1. The number of nitrogens with zero attached hydrogens (tertiary/aromatic N) is 3. The zero-order valence-corrected chi connectivity index (χ0v) is 9.91. The van der Waals surface area contributed by atoms with Crippen LogP contribution in [0.2, 0.25) is 0 Å². The Hall–Kier alpha value is -2.40. The van der Waals surface area contributed by atoms with Crippen molar-refractivity contribution in [3.8, 4) is 0 Å². The number of para-hydroxylation sites is 1. The molecule has 0 radical (unpaired) electrons. The Labute approximate surface area is 108 Å². The lowest BCUT2D eigenvalue weighted by Gasteiger charge is -2.27. The van der Waals surface area contributed by atoms with Gasteiger partial charge in [0.25, 0.3) is 0 Å². The highest BCUT2D eigenvalue weighted by Gasteiger charge is 2.52. The largest absolute Gasteiger partial charge is 0.325 e. The van der Waals surface area contributed by atoms with Gasteiger partial charge < -0.3 is 10.1 Å². The molecule has 0 spiro atoms. The number of anilines is 1. The lowest BCUT2D eigenvalue weighted by Crippen LogP contribution is -2.44. The van der Waals surface area contributed by atoms with Crippen molar-refractivity contribution < 1.29 is 14.0 Å². The molecule has 2 rings (SSSR count). The molecule has 0 aliphatic carbocycles. The molecule has 1 aliphatic heterocycles. The number of amides is 1.